The Bertz CT molecular complexity index is 704. The van der Waals surface area contributed by atoms with Crippen molar-refractivity contribution in [3.63, 3.8) is 0 Å². The van der Waals surface area contributed by atoms with E-state index in [0.29, 0.717) is 5.56 Å². The maximum Gasteiger partial charge on any atom is 0.338 e. The lowest BCUT2D eigenvalue weighted by atomic mass is 9.89. The van der Waals surface area contributed by atoms with Crippen molar-refractivity contribution in [1.82, 2.24) is 15.5 Å². The number of nitrogens with zero attached hydrogens (tertiary/aromatic N) is 1. The van der Waals surface area contributed by atoms with Crippen LogP contribution >= 0.6 is 0 Å². The molecule has 0 saturated carbocycles. The highest BCUT2D eigenvalue weighted by Crippen LogP contribution is 2.23. The quantitative estimate of drug-likeness (QED) is 0.807. The van der Waals surface area contributed by atoms with Gasteiger partial charge in [0.1, 0.15) is 5.60 Å². The first-order valence-electron chi connectivity index (χ1n) is 8.62. The fourth-order valence-corrected chi connectivity index (χ4v) is 2.53. The molecule has 2 rings (SSSR count). The average molecular weight is 343 g/mol. The van der Waals surface area contributed by atoms with Crippen molar-refractivity contribution in [2.75, 3.05) is 0 Å². The van der Waals surface area contributed by atoms with Crippen molar-refractivity contribution in [2.45, 2.75) is 65.6 Å². The second kappa shape index (κ2) is 7.40. The van der Waals surface area contributed by atoms with E-state index in [1.54, 1.807) is 0 Å². The normalized spacial score (nSPS) is 12.2. The van der Waals surface area contributed by atoms with Crippen molar-refractivity contribution < 1.29 is 9.53 Å². The number of nitrogens with one attached hydrogen (secondary N) is 2. The van der Waals surface area contributed by atoms with Gasteiger partial charge >= 0.3 is 5.97 Å². The zero-order chi connectivity index (χ0) is 18.7. The summed E-state index contributed by atoms with van der Waals surface area (Å²) in [6.07, 6.45) is 1.87. The molecule has 0 aliphatic rings. The van der Waals surface area contributed by atoms with Gasteiger partial charge in [0, 0.05) is 29.8 Å². The van der Waals surface area contributed by atoms with Crippen LogP contribution < -0.4 is 5.32 Å². The highest BCUT2D eigenvalue weighted by Gasteiger charge is 2.20. The van der Waals surface area contributed by atoms with Gasteiger partial charge in [-0.2, -0.15) is 5.10 Å². The van der Waals surface area contributed by atoms with Crippen LogP contribution in [-0.2, 0) is 23.2 Å². The van der Waals surface area contributed by atoms with Crippen LogP contribution in [0.2, 0.25) is 0 Å². The van der Waals surface area contributed by atoms with Crippen LogP contribution in [-0.4, -0.2) is 21.8 Å². The van der Waals surface area contributed by atoms with Crippen molar-refractivity contribution >= 4 is 5.97 Å². The molecule has 2 N–H and O–H groups in total. The number of carbonyl (C=O) groups is 1. The summed E-state index contributed by atoms with van der Waals surface area (Å²) in [4.78, 5) is 12.0. The first-order valence-corrected chi connectivity index (χ1v) is 8.62. The summed E-state index contributed by atoms with van der Waals surface area (Å²) < 4.78 is 5.37. The summed E-state index contributed by atoms with van der Waals surface area (Å²) in [5.74, 6) is -0.291. The van der Waals surface area contributed by atoms with Crippen molar-refractivity contribution in [3.05, 3.63) is 52.8 Å². The number of hydrogen-bond acceptors (Lipinski definition) is 4. The Morgan fingerprint density at radius 1 is 1.08 bits per heavy atom. The molecule has 0 saturated heterocycles. The maximum absolute atomic E-state index is 12.0. The second-order valence-corrected chi connectivity index (χ2v) is 8.32. The van der Waals surface area contributed by atoms with E-state index in [1.807, 2.05) is 51.2 Å². The number of aromatic amines is 1. The summed E-state index contributed by atoms with van der Waals surface area (Å²) in [5.41, 5.74) is 3.59. The Kier molecular flexibility index (Phi) is 5.68. The minimum absolute atomic E-state index is 0.0442. The van der Waals surface area contributed by atoms with Crippen LogP contribution in [0.3, 0.4) is 0 Å². The van der Waals surface area contributed by atoms with E-state index in [1.165, 1.54) is 5.56 Å². The molecule has 0 spiro atoms. The van der Waals surface area contributed by atoms with E-state index in [4.69, 9.17) is 4.74 Å². The zero-order valence-corrected chi connectivity index (χ0v) is 16.1. The number of benzene rings is 1. The van der Waals surface area contributed by atoms with Gasteiger partial charge in [0.2, 0.25) is 0 Å². The van der Waals surface area contributed by atoms with Crippen LogP contribution in [0, 0.1) is 0 Å². The van der Waals surface area contributed by atoms with Gasteiger partial charge in [-0.25, -0.2) is 4.79 Å². The minimum atomic E-state index is -0.479. The van der Waals surface area contributed by atoms with Crippen molar-refractivity contribution in [3.8, 4) is 0 Å². The SMILES string of the molecule is CC(C)(C)OC(=O)c1ccc(CNCc2cn[nH]c2C(C)(C)C)cc1. The number of esters is 1. The topological polar surface area (TPSA) is 67.0 Å². The Morgan fingerprint density at radius 2 is 1.72 bits per heavy atom. The fourth-order valence-electron chi connectivity index (χ4n) is 2.53. The first kappa shape index (κ1) is 19.2. The molecule has 0 fully saturated rings. The summed E-state index contributed by atoms with van der Waals surface area (Å²) in [6.45, 7) is 13.6. The molecule has 0 atom stereocenters. The Morgan fingerprint density at radius 3 is 2.28 bits per heavy atom. The maximum atomic E-state index is 12.0. The molecule has 0 aliphatic carbocycles. The second-order valence-electron chi connectivity index (χ2n) is 8.32. The molecule has 1 aromatic carbocycles. The van der Waals surface area contributed by atoms with Gasteiger partial charge in [0.25, 0.3) is 0 Å². The molecule has 5 heteroatoms. The van der Waals surface area contributed by atoms with E-state index in [2.05, 4.69) is 36.3 Å². The molecule has 0 aliphatic heterocycles. The highest BCUT2D eigenvalue weighted by molar-refractivity contribution is 5.89. The van der Waals surface area contributed by atoms with Crippen LogP contribution in [0.4, 0.5) is 0 Å². The number of hydrogen-bond donors (Lipinski definition) is 2. The summed E-state index contributed by atoms with van der Waals surface area (Å²) in [5, 5.41) is 10.7. The number of H-pyrrole nitrogens is 1. The Hall–Kier alpha value is -2.14. The van der Waals surface area contributed by atoms with Gasteiger partial charge < -0.3 is 10.1 Å². The van der Waals surface area contributed by atoms with Gasteiger partial charge in [-0.1, -0.05) is 32.9 Å². The molecular formula is C20H29N3O2. The average Bonchev–Trinajstić information content (AvgIpc) is 2.95. The van der Waals surface area contributed by atoms with Gasteiger partial charge in [-0.05, 0) is 38.5 Å². The van der Waals surface area contributed by atoms with E-state index >= 15 is 0 Å². The van der Waals surface area contributed by atoms with E-state index in [9.17, 15) is 4.79 Å². The van der Waals surface area contributed by atoms with Crippen molar-refractivity contribution in [1.29, 1.82) is 0 Å². The van der Waals surface area contributed by atoms with Gasteiger partial charge in [-0.15, -0.1) is 0 Å². The predicted molar refractivity (Wildman–Crippen MR) is 99.4 cm³/mol. The predicted octanol–water partition coefficient (Wildman–Crippen LogP) is 3.95. The largest absolute Gasteiger partial charge is 0.456 e. The third-order valence-corrected chi connectivity index (χ3v) is 3.70. The molecule has 1 aromatic heterocycles. The molecule has 0 amide bonds. The monoisotopic (exact) mass is 343 g/mol. The summed E-state index contributed by atoms with van der Waals surface area (Å²) in [7, 11) is 0. The highest BCUT2D eigenvalue weighted by atomic mass is 16.6. The number of rotatable bonds is 5. The number of ether oxygens (including phenoxy) is 1. The lowest BCUT2D eigenvalue weighted by molar-refractivity contribution is 0.00695. The molecular weight excluding hydrogens is 314 g/mol. The van der Waals surface area contributed by atoms with Crippen LogP contribution in [0.25, 0.3) is 0 Å². The van der Waals surface area contributed by atoms with Gasteiger partial charge in [-0.3, -0.25) is 5.10 Å². The molecule has 1 heterocycles. The standard InChI is InChI=1S/C20H29N3O2/c1-19(2,3)17-16(13-22-23-17)12-21-11-14-7-9-15(10-8-14)18(24)25-20(4,5)6/h7-10,13,21H,11-12H2,1-6H3,(H,22,23). The van der Waals surface area contributed by atoms with Gasteiger partial charge in [0.05, 0.1) is 11.8 Å². The van der Waals surface area contributed by atoms with E-state index < -0.39 is 5.60 Å². The smallest absolute Gasteiger partial charge is 0.338 e. The van der Waals surface area contributed by atoms with Crippen LogP contribution in [0.5, 0.6) is 0 Å². The first-order chi connectivity index (χ1) is 11.6. The molecule has 25 heavy (non-hydrogen) atoms. The molecule has 5 nitrogen and oxygen atoms in total. The number of carbonyl (C=O) groups excluding carboxylic acids is 1. The van der Waals surface area contributed by atoms with E-state index in [-0.39, 0.29) is 11.4 Å². The third-order valence-electron chi connectivity index (χ3n) is 3.70. The molecule has 136 valence electrons. The van der Waals surface area contributed by atoms with Gasteiger partial charge in [0.15, 0.2) is 0 Å². The molecule has 0 radical (unpaired) electrons. The zero-order valence-electron chi connectivity index (χ0n) is 16.1. The Balaban J connectivity index is 1.90. The lowest BCUT2D eigenvalue weighted by Crippen LogP contribution is -2.23. The molecule has 2 aromatic rings. The van der Waals surface area contributed by atoms with Crippen LogP contribution in [0.1, 0.15) is 68.7 Å². The third kappa shape index (κ3) is 5.71. The summed E-state index contributed by atoms with van der Waals surface area (Å²) >= 11 is 0. The number of aromatic nitrogens is 2. The Labute approximate surface area is 150 Å². The van der Waals surface area contributed by atoms with E-state index in [0.717, 1.165) is 24.3 Å². The summed E-state index contributed by atoms with van der Waals surface area (Å²) in [6, 6.07) is 7.52. The minimum Gasteiger partial charge on any atom is -0.456 e. The molecule has 0 bridgehead atoms. The van der Waals surface area contributed by atoms with Crippen LogP contribution in [0.15, 0.2) is 30.5 Å². The van der Waals surface area contributed by atoms with Crippen molar-refractivity contribution in [2.24, 2.45) is 0 Å². The molecule has 0 unspecified atom stereocenters. The fraction of sp³-hybridized carbons (Fsp3) is 0.500. The lowest BCUT2D eigenvalue weighted by Gasteiger charge is -2.19.